The van der Waals surface area contributed by atoms with Crippen LogP contribution >= 0.6 is 0 Å². The van der Waals surface area contributed by atoms with Gasteiger partial charge in [-0.15, -0.1) is 0 Å². The Morgan fingerprint density at radius 3 is 2.74 bits per heavy atom. The third-order valence-corrected chi connectivity index (χ3v) is 7.18. The molecule has 5 rings (SSSR count). The number of benzene rings is 1. The predicted molar refractivity (Wildman–Crippen MR) is 144 cm³/mol. The quantitative estimate of drug-likeness (QED) is 0.321. The van der Waals surface area contributed by atoms with Crippen molar-refractivity contribution in [2.45, 2.75) is 32.9 Å². The number of methoxy groups -OCH3 is 1. The van der Waals surface area contributed by atoms with Crippen LogP contribution in [0.5, 0.6) is 11.5 Å². The molecule has 2 saturated heterocycles. The molecule has 1 aromatic carbocycles. The molecule has 38 heavy (non-hydrogen) atoms. The van der Waals surface area contributed by atoms with E-state index < -0.39 is 0 Å². The van der Waals surface area contributed by atoms with E-state index in [4.69, 9.17) is 20.6 Å². The highest BCUT2D eigenvalue weighted by atomic mass is 16.5. The average Bonchev–Trinajstić information content (AvgIpc) is 3.29. The molecule has 11 nitrogen and oxygen atoms in total. The van der Waals surface area contributed by atoms with Crippen LogP contribution < -0.4 is 25.4 Å². The lowest BCUT2D eigenvalue weighted by molar-refractivity contribution is 0.197. The molecule has 0 spiro atoms. The first-order valence-electron chi connectivity index (χ1n) is 12.5. The van der Waals surface area contributed by atoms with Gasteiger partial charge in [0.05, 0.1) is 30.8 Å². The summed E-state index contributed by atoms with van der Waals surface area (Å²) in [4.78, 5) is 20.6. The zero-order valence-corrected chi connectivity index (χ0v) is 22.0. The molecule has 4 N–H and O–H groups in total. The molecule has 198 valence electrons. The number of nitrogen functional groups attached to an aromatic ring is 1. The van der Waals surface area contributed by atoms with Crippen molar-refractivity contribution < 1.29 is 14.3 Å². The fourth-order valence-electron chi connectivity index (χ4n) is 5.21. The maximum absolute atomic E-state index is 11.9. The lowest BCUT2D eigenvalue weighted by Crippen LogP contribution is -2.52. The number of rotatable bonds is 7. The molecule has 0 radical (unpaired) electrons. The van der Waals surface area contributed by atoms with Gasteiger partial charge in [-0.3, -0.25) is 5.41 Å². The second-order valence-electron chi connectivity index (χ2n) is 9.64. The number of nitrogens with one attached hydrogen (secondary N) is 2. The molecule has 2 amide bonds. The number of amides is 2. The summed E-state index contributed by atoms with van der Waals surface area (Å²) in [5.74, 6) is 1.78. The minimum atomic E-state index is -0.322. The Labute approximate surface area is 221 Å². The third-order valence-electron chi connectivity index (χ3n) is 7.18. The fraction of sp³-hybridized carbons (Fsp3) is 0.370. The number of nitrogens with zero attached hydrogens (tertiary/aromatic N) is 5. The number of nitrogens with two attached hydrogens (primary N) is 1. The van der Waals surface area contributed by atoms with Crippen LogP contribution in [0, 0.1) is 19.3 Å². The maximum atomic E-state index is 11.9. The molecule has 0 saturated carbocycles. The number of piperazine rings is 1. The van der Waals surface area contributed by atoms with Crippen molar-refractivity contribution >= 4 is 23.2 Å². The van der Waals surface area contributed by atoms with E-state index in [1.54, 1.807) is 31.6 Å². The van der Waals surface area contributed by atoms with E-state index in [9.17, 15) is 4.79 Å². The number of urea groups is 1. The SMILES string of the molecule is COc1cc(N)c(C(=N)c2ccc(N3CCN4C(=O)NCC4C3)nc2)cc1O[C@H](C)c1c(C)cnnc1C. The second kappa shape index (κ2) is 10.2. The molecule has 2 fully saturated rings. The van der Waals surface area contributed by atoms with Gasteiger partial charge in [0.2, 0.25) is 0 Å². The first-order chi connectivity index (χ1) is 18.3. The van der Waals surface area contributed by atoms with Gasteiger partial charge in [-0.2, -0.15) is 10.2 Å². The normalized spacial score (nSPS) is 17.6. The topological polar surface area (TPSA) is 143 Å². The second-order valence-corrected chi connectivity index (χ2v) is 9.64. The molecule has 1 unspecified atom stereocenters. The van der Waals surface area contributed by atoms with E-state index >= 15 is 0 Å². The molecule has 2 aliphatic heterocycles. The first-order valence-corrected chi connectivity index (χ1v) is 12.5. The molecule has 11 heteroatoms. The third kappa shape index (κ3) is 4.67. The number of hydrogen-bond donors (Lipinski definition) is 3. The Hall–Kier alpha value is -4.41. The monoisotopic (exact) mass is 516 g/mol. The highest BCUT2D eigenvalue weighted by Gasteiger charge is 2.35. The smallest absolute Gasteiger partial charge is 0.317 e. The summed E-state index contributed by atoms with van der Waals surface area (Å²) in [6.07, 6.45) is 3.07. The van der Waals surface area contributed by atoms with Crippen LogP contribution in [-0.4, -0.2) is 71.2 Å². The van der Waals surface area contributed by atoms with Gasteiger partial charge in [-0.25, -0.2) is 9.78 Å². The minimum absolute atomic E-state index is 0.00365. The van der Waals surface area contributed by atoms with Crippen LogP contribution in [-0.2, 0) is 0 Å². The Kier molecular flexibility index (Phi) is 6.75. The van der Waals surface area contributed by atoms with Crippen LogP contribution in [0.4, 0.5) is 16.3 Å². The van der Waals surface area contributed by atoms with Gasteiger partial charge in [0.1, 0.15) is 11.9 Å². The highest BCUT2D eigenvalue weighted by Crippen LogP contribution is 2.37. The van der Waals surface area contributed by atoms with Crippen molar-refractivity contribution in [3.8, 4) is 11.5 Å². The lowest BCUT2D eigenvalue weighted by atomic mass is 10.0. The molecule has 3 aromatic rings. The molecule has 0 aliphatic carbocycles. The molecule has 2 aliphatic rings. The van der Waals surface area contributed by atoms with Crippen LogP contribution in [0.2, 0.25) is 0 Å². The van der Waals surface area contributed by atoms with Gasteiger partial charge in [0.15, 0.2) is 11.5 Å². The van der Waals surface area contributed by atoms with Crippen LogP contribution in [0.25, 0.3) is 0 Å². The zero-order valence-electron chi connectivity index (χ0n) is 22.0. The number of fused-ring (bicyclic) bond motifs is 1. The van der Waals surface area contributed by atoms with Gasteiger partial charge in [0.25, 0.3) is 0 Å². The van der Waals surface area contributed by atoms with E-state index in [1.165, 1.54) is 0 Å². The number of aryl methyl sites for hydroxylation is 2. The van der Waals surface area contributed by atoms with Gasteiger partial charge in [0, 0.05) is 60.8 Å². The largest absolute Gasteiger partial charge is 0.493 e. The van der Waals surface area contributed by atoms with Crippen molar-refractivity contribution in [3.05, 3.63) is 64.6 Å². The number of anilines is 2. The molecular formula is C27H32N8O3. The number of pyridine rings is 1. The van der Waals surface area contributed by atoms with Gasteiger partial charge in [-0.05, 0) is 44.5 Å². The summed E-state index contributed by atoms with van der Waals surface area (Å²) in [7, 11) is 1.56. The molecule has 4 heterocycles. The predicted octanol–water partition coefficient (Wildman–Crippen LogP) is 2.85. The number of hydrogen-bond acceptors (Lipinski definition) is 9. The fourth-order valence-corrected chi connectivity index (χ4v) is 5.21. The molecular weight excluding hydrogens is 484 g/mol. The standard InChI is InChI=1S/C27H32N8O3/c1-15-11-32-33-16(2)25(15)17(3)38-23-9-20(21(28)10-22(23)37-4)26(29)18-5-6-24(30-12-18)34-7-8-35-19(14-34)13-31-27(35)36/h5-6,9-12,17,19,29H,7-8,13-14,28H2,1-4H3,(H,31,36)/t17-,19?/m1/s1. The van der Waals surface area contributed by atoms with Gasteiger partial charge < -0.3 is 30.3 Å². The van der Waals surface area contributed by atoms with Crippen LogP contribution in [0.3, 0.4) is 0 Å². The van der Waals surface area contributed by atoms with Crippen molar-refractivity contribution in [3.63, 3.8) is 0 Å². The van der Waals surface area contributed by atoms with E-state index in [1.807, 2.05) is 37.8 Å². The zero-order chi connectivity index (χ0) is 27.0. The summed E-state index contributed by atoms with van der Waals surface area (Å²) >= 11 is 0. The first kappa shape index (κ1) is 25.2. The summed E-state index contributed by atoms with van der Waals surface area (Å²) < 4.78 is 11.8. The van der Waals surface area contributed by atoms with Gasteiger partial charge in [-0.1, -0.05) is 0 Å². The van der Waals surface area contributed by atoms with Crippen molar-refractivity contribution in [1.82, 2.24) is 25.4 Å². The van der Waals surface area contributed by atoms with Crippen molar-refractivity contribution in [2.75, 3.05) is 43.9 Å². The van der Waals surface area contributed by atoms with Crippen molar-refractivity contribution in [2.24, 2.45) is 0 Å². The van der Waals surface area contributed by atoms with E-state index in [0.29, 0.717) is 47.9 Å². The summed E-state index contributed by atoms with van der Waals surface area (Å²) in [5, 5.41) is 19.9. The summed E-state index contributed by atoms with van der Waals surface area (Å²) in [6.45, 7) is 8.55. The molecule has 2 atom stereocenters. The minimum Gasteiger partial charge on any atom is -0.493 e. The maximum Gasteiger partial charge on any atom is 0.317 e. The Bertz CT molecular complexity index is 1360. The van der Waals surface area contributed by atoms with E-state index in [0.717, 1.165) is 29.2 Å². The Balaban J connectivity index is 1.36. The number of carbonyl (C=O) groups is 1. The summed E-state index contributed by atoms with van der Waals surface area (Å²) in [5.41, 5.74) is 10.9. The van der Waals surface area contributed by atoms with Gasteiger partial charge >= 0.3 is 6.03 Å². The van der Waals surface area contributed by atoms with Crippen molar-refractivity contribution in [1.29, 1.82) is 5.41 Å². The van der Waals surface area contributed by atoms with E-state index in [-0.39, 0.29) is 23.9 Å². The number of ether oxygens (including phenoxy) is 2. The number of aromatic nitrogens is 3. The van der Waals surface area contributed by atoms with Crippen LogP contribution in [0.15, 0.2) is 36.7 Å². The lowest BCUT2D eigenvalue weighted by Gasteiger charge is -2.37. The highest BCUT2D eigenvalue weighted by molar-refractivity contribution is 6.14. The van der Waals surface area contributed by atoms with Crippen LogP contribution in [0.1, 0.15) is 41.0 Å². The Morgan fingerprint density at radius 2 is 2.03 bits per heavy atom. The Morgan fingerprint density at radius 1 is 1.21 bits per heavy atom. The average molecular weight is 517 g/mol. The number of carbonyl (C=O) groups excluding carboxylic acids is 1. The molecule has 2 aromatic heterocycles. The molecule has 0 bridgehead atoms. The van der Waals surface area contributed by atoms with E-state index in [2.05, 4.69) is 25.4 Å². The summed E-state index contributed by atoms with van der Waals surface area (Å²) in [6, 6.07) is 7.34.